The van der Waals surface area contributed by atoms with Gasteiger partial charge in [-0.1, -0.05) is 0 Å². The minimum Gasteiger partial charge on any atom is -0.375 e. The minimum atomic E-state index is 0.0100. The van der Waals surface area contributed by atoms with E-state index in [2.05, 4.69) is 10.6 Å². The first-order valence-corrected chi connectivity index (χ1v) is 4.36. The summed E-state index contributed by atoms with van der Waals surface area (Å²) in [6.07, 6.45) is 1.16. The van der Waals surface area contributed by atoms with E-state index in [1.807, 2.05) is 0 Å². The summed E-state index contributed by atoms with van der Waals surface area (Å²) in [4.78, 5) is 10.6. The highest BCUT2D eigenvalue weighted by molar-refractivity contribution is 5.72. The third kappa shape index (κ3) is 3.69. The van der Waals surface area contributed by atoms with Crippen molar-refractivity contribution in [2.45, 2.75) is 19.4 Å². The van der Waals surface area contributed by atoms with Gasteiger partial charge in [-0.15, -0.1) is 0 Å². The molecule has 70 valence electrons. The van der Waals surface area contributed by atoms with Gasteiger partial charge in [0.25, 0.3) is 0 Å². The number of carbonyl (C=O) groups is 1. The number of hydrogen-bond acceptors (Lipinski definition) is 3. The van der Waals surface area contributed by atoms with Crippen molar-refractivity contribution in [1.82, 2.24) is 10.6 Å². The molecule has 0 radical (unpaired) electrons. The normalized spacial score (nSPS) is 24.6. The average molecular weight is 172 g/mol. The van der Waals surface area contributed by atoms with Crippen LogP contribution in [-0.4, -0.2) is 38.3 Å². The second kappa shape index (κ2) is 5.11. The zero-order valence-corrected chi connectivity index (χ0v) is 7.43. The van der Waals surface area contributed by atoms with Gasteiger partial charge in [0.1, 0.15) is 0 Å². The third-order valence-electron chi connectivity index (χ3n) is 1.85. The first-order chi connectivity index (χ1) is 5.79. The maximum absolute atomic E-state index is 10.6. The van der Waals surface area contributed by atoms with E-state index in [1.165, 1.54) is 6.92 Å². The van der Waals surface area contributed by atoms with Crippen molar-refractivity contribution in [3.05, 3.63) is 0 Å². The molecule has 0 aromatic rings. The molecule has 2 N–H and O–H groups in total. The highest BCUT2D eigenvalue weighted by Crippen LogP contribution is 1.98. The van der Waals surface area contributed by atoms with Gasteiger partial charge in [0.05, 0.1) is 12.7 Å². The maximum Gasteiger partial charge on any atom is 0.216 e. The Hall–Kier alpha value is -0.610. The summed E-state index contributed by atoms with van der Waals surface area (Å²) in [5, 5.41) is 5.98. The fourth-order valence-corrected chi connectivity index (χ4v) is 1.19. The molecule has 12 heavy (non-hydrogen) atoms. The molecule has 0 unspecified atom stereocenters. The number of carbonyl (C=O) groups excluding carboxylic acids is 1. The highest BCUT2D eigenvalue weighted by atomic mass is 16.5. The number of ether oxygens (including phenoxy) is 1. The number of hydrogen-bond donors (Lipinski definition) is 2. The third-order valence-corrected chi connectivity index (χ3v) is 1.85. The van der Waals surface area contributed by atoms with Crippen molar-refractivity contribution in [2.24, 2.45) is 0 Å². The summed E-state index contributed by atoms with van der Waals surface area (Å²) < 4.78 is 5.48. The Morgan fingerprint density at radius 1 is 1.67 bits per heavy atom. The van der Waals surface area contributed by atoms with Crippen LogP contribution in [-0.2, 0) is 9.53 Å². The Bertz CT molecular complexity index is 142. The Morgan fingerprint density at radius 2 is 2.50 bits per heavy atom. The first-order valence-electron chi connectivity index (χ1n) is 4.36. The molecule has 1 amide bonds. The second-order valence-corrected chi connectivity index (χ2v) is 2.97. The van der Waals surface area contributed by atoms with Crippen LogP contribution in [0.2, 0.25) is 0 Å². The summed E-state index contributed by atoms with van der Waals surface area (Å²) in [6, 6.07) is 0. The van der Waals surface area contributed by atoms with Crippen LogP contribution >= 0.6 is 0 Å². The summed E-state index contributed by atoms with van der Waals surface area (Å²) >= 11 is 0. The Labute approximate surface area is 72.7 Å². The van der Waals surface area contributed by atoms with Crippen molar-refractivity contribution < 1.29 is 9.53 Å². The van der Waals surface area contributed by atoms with Crippen LogP contribution in [0.3, 0.4) is 0 Å². The van der Waals surface area contributed by atoms with Gasteiger partial charge < -0.3 is 15.4 Å². The van der Waals surface area contributed by atoms with E-state index in [9.17, 15) is 4.79 Å². The van der Waals surface area contributed by atoms with Crippen LogP contribution in [0.5, 0.6) is 0 Å². The molecule has 1 aliphatic heterocycles. The van der Waals surface area contributed by atoms with E-state index in [0.717, 1.165) is 26.1 Å². The zero-order chi connectivity index (χ0) is 8.81. The van der Waals surface area contributed by atoms with E-state index in [1.54, 1.807) is 0 Å². The molecule has 1 atom stereocenters. The Morgan fingerprint density at radius 3 is 3.25 bits per heavy atom. The smallest absolute Gasteiger partial charge is 0.216 e. The molecule has 4 nitrogen and oxygen atoms in total. The second-order valence-electron chi connectivity index (χ2n) is 2.97. The van der Waals surface area contributed by atoms with E-state index in [-0.39, 0.29) is 12.0 Å². The van der Waals surface area contributed by atoms with Gasteiger partial charge in [0.2, 0.25) is 5.91 Å². The average Bonchev–Trinajstić information content (AvgIpc) is 2.28. The summed E-state index contributed by atoms with van der Waals surface area (Å²) in [5.41, 5.74) is 0. The van der Waals surface area contributed by atoms with Crippen molar-refractivity contribution in [3.8, 4) is 0 Å². The van der Waals surface area contributed by atoms with Gasteiger partial charge >= 0.3 is 0 Å². The highest BCUT2D eigenvalue weighted by Gasteiger charge is 2.11. The van der Waals surface area contributed by atoms with E-state index in [4.69, 9.17) is 4.74 Å². The lowest BCUT2D eigenvalue weighted by molar-refractivity contribution is -0.119. The quantitative estimate of drug-likeness (QED) is 0.590. The standard InChI is InChI=1S/C8H16N2O2/c1-7(11)10-6-8-2-3-9-4-5-12-8/h8-9H,2-6H2,1H3,(H,10,11)/t8-/m0/s1. The summed E-state index contributed by atoms with van der Waals surface area (Å²) in [7, 11) is 0. The minimum absolute atomic E-state index is 0.0100. The van der Waals surface area contributed by atoms with Crippen molar-refractivity contribution in [2.75, 3.05) is 26.2 Å². The molecule has 1 heterocycles. The monoisotopic (exact) mass is 172 g/mol. The van der Waals surface area contributed by atoms with Crippen molar-refractivity contribution >= 4 is 5.91 Å². The molecule has 0 aromatic heterocycles. The predicted molar refractivity (Wildman–Crippen MR) is 45.9 cm³/mol. The summed E-state index contributed by atoms with van der Waals surface area (Å²) in [6.45, 7) is 4.79. The van der Waals surface area contributed by atoms with Crippen LogP contribution < -0.4 is 10.6 Å². The molecule has 1 saturated heterocycles. The Kier molecular flexibility index (Phi) is 4.04. The van der Waals surface area contributed by atoms with E-state index >= 15 is 0 Å². The molecule has 0 aromatic carbocycles. The van der Waals surface area contributed by atoms with Crippen LogP contribution in [0.1, 0.15) is 13.3 Å². The predicted octanol–water partition coefficient (Wildman–Crippen LogP) is -0.499. The molecule has 0 saturated carbocycles. The topological polar surface area (TPSA) is 50.4 Å². The van der Waals surface area contributed by atoms with Gasteiger partial charge in [-0.3, -0.25) is 4.79 Å². The molecule has 1 aliphatic rings. The lowest BCUT2D eigenvalue weighted by Crippen LogP contribution is -2.32. The lowest BCUT2D eigenvalue weighted by Gasteiger charge is -2.13. The molecule has 0 bridgehead atoms. The lowest BCUT2D eigenvalue weighted by atomic mass is 10.2. The summed E-state index contributed by atoms with van der Waals surface area (Å²) in [5.74, 6) is 0.0100. The molecular formula is C8H16N2O2. The van der Waals surface area contributed by atoms with E-state index < -0.39 is 0 Å². The number of nitrogens with one attached hydrogen (secondary N) is 2. The molecule has 1 rings (SSSR count). The van der Waals surface area contributed by atoms with Gasteiger partial charge in [-0.2, -0.15) is 0 Å². The fraction of sp³-hybridized carbons (Fsp3) is 0.875. The SMILES string of the molecule is CC(=O)NC[C@@H]1CCNCCO1. The van der Waals surface area contributed by atoms with Gasteiger partial charge in [-0.05, 0) is 13.0 Å². The van der Waals surface area contributed by atoms with Gasteiger partial charge in [0, 0.05) is 20.0 Å². The van der Waals surface area contributed by atoms with Crippen LogP contribution in [0.15, 0.2) is 0 Å². The molecule has 0 aliphatic carbocycles. The molecule has 0 spiro atoms. The van der Waals surface area contributed by atoms with Gasteiger partial charge in [-0.25, -0.2) is 0 Å². The maximum atomic E-state index is 10.6. The first kappa shape index (κ1) is 9.48. The van der Waals surface area contributed by atoms with E-state index in [0.29, 0.717) is 6.54 Å². The molecule has 1 fully saturated rings. The fourth-order valence-electron chi connectivity index (χ4n) is 1.19. The van der Waals surface area contributed by atoms with Crippen LogP contribution in [0, 0.1) is 0 Å². The number of amides is 1. The largest absolute Gasteiger partial charge is 0.375 e. The van der Waals surface area contributed by atoms with Crippen molar-refractivity contribution in [1.29, 1.82) is 0 Å². The number of rotatable bonds is 2. The van der Waals surface area contributed by atoms with Gasteiger partial charge in [0.15, 0.2) is 0 Å². The Balaban J connectivity index is 2.16. The zero-order valence-electron chi connectivity index (χ0n) is 7.43. The molecular weight excluding hydrogens is 156 g/mol. The van der Waals surface area contributed by atoms with Crippen LogP contribution in [0.25, 0.3) is 0 Å². The van der Waals surface area contributed by atoms with Crippen LogP contribution in [0.4, 0.5) is 0 Å². The molecule has 4 heteroatoms. The van der Waals surface area contributed by atoms with Crippen molar-refractivity contribution in [3.63, 3.8) is 0 Å².